The van der Waals surface area contributed by atoms with E-state index in [1.165, 1.54) is 11.8 Å². The molecule has 2 aromatic carbocycles. The molecule has 0 unspecified atom stereocenters. The van der Waals surface area contributed by atoms with E-state index in [0.717, 1.165) is 16.7 Å². The lowest BCUT2D eigenvalue weighted by Gasteiger charge is -2.30. The van der Waals surface area contributed by atoms with Crippen LogP contribution in [-0.2, 0) is 16.1 Å². The van der Waals surface area contributed by atoms with Crippen LogP contribution in [-0.4, -0.2) is 22.7 Å². The Morgan fingerprint density at radius 2 is 2.00 bits per heavy atom. The van der Waals surface area contributed by atoms with Crippen LogP contribution in [0.2, 0.25) is 0 Å². The molecule has 0 aromatic heterocycles. The zero-order valence-electron chi connectivity index (χ0n) is 14.5. The minimum Gasteiger partial charge on any atom is -0.482 e. The molecular formula is C20H16N2O3S2. The van der Waals surface area contributed by atoms with E-state index < -0.39 is 0 Å². The zero-order valence-corrected chi connectivity index (χ0v) is 16.2. The Kier molecular flexibility index (Phi) is 4.72. The van der Waals surface area contributed by atoms with Crippen LogP contribution in [0.1, 0.15) is 18.1 Å². The lowest BCUT2D eigenvalue weighted by molar-refractivity contribution is -0.121. The van der Waals surface area contributed by atoms with Crippen molar-refractivity contribution in [3.63, 3.8) is 0 Å². The van der Waals surface area contributed by atoms with Crippen molar-refractivity contribution in [2.24, 2.45) is 0 Å². The Bertz CT molecular complexity index is 986. The molecule has 1 N–H and O–H groups in total. The fourth-order valence-corrected chi connectivity index (χ4v) is 4.15. The van der Waals surface area contributed by atoms with Gasteiger partial charge in [0.1, 0.15) is 10.1 Å². The fraction of sp³-hybridized carbons (Fsp3) is 0.150. The third kappa shape index (κ3) is 3.48. The molecule has 2 aliphatic heterocycles. The predicted molar refractivity (Wildman–Crippen MR) is 110 cm³/mol. The zero-order chi connectivity index (χ0) is 19.0. The first kappa shape index (κ1) is 17.8. The van der Waals surface area contributed by atoms with Crippen LogP contribution in [0.5, 0.6) is 5.75 Å². The minimum atomic E-state index is -0.186. The van der Waals surface area contributed by atoms with Crippen molar-refractivity contribution in [1.82, 2.24) is 5.32 Å². The summed E-state index contributed by atoms with van der Waals surface area (Å²) in [6, 6.07) is 15.4. The van der Waals surface area contributed by atoms with E-state index in [0.29, 0.717) is 27.2 Å². The number of carbonyl (C=O) groups excluding carboxylic acids is 2. The van der Waals surface area contributed by atoms with Crippen LogP contribution in [0, 0.1) is 0 Å². The number of thioether (sulfide) groups is 1. The van der Waals surface area contributed by atoms with Gasteiger partial charge in [-0.25, -0.2) is 0 Å². The molecule has 0 radical (unpaired) electrons. The fourth-order valence-electron chi connectivity index (χ4n) is 3.07. The number of fused-ring (bicyclic) bond motifs is 1. The van der Waals surface area contributed by atoms with Gasteiger partial charge in [-0.3, -0.25) is 9.59 Å². The number of allylic oxidation sites excluding steroid dienone is 1. The molecule has 2 aromatic rings. The molecule has 2 aliphatic rings. The number of rotatable bonds is 3. The number of hydrogen-bond donors (Lipinski definition) is 1. The summed E-state index contributed by atoms with van der Waals surface area (Å²) >= 11 is 6.33. The number of nitrogens with zero attached hydrogens (tertiary/aromatic N) is 1. The van der Waals surface area contributed by atoms with E-state index in [9.17, 15) is 9.59 Å². The van der Waals surface area contributed by atoms with Crippen molar-refractivity contribution in [3.8, 4) is 5.75 Å². The minimum absolute atomic E-state index is 0.0196. The predicted octanol–water partition coefficient (Wildman–Crippen LogP) is 3.49. The number of benzene rings is 2. The van der Waals surface area contributed by atoms with Gasteiger partial charge in [-0.2, -0.15) is 0 Å². The number of amides is 2. The van der Waals surface area contributed by atoms with Crippen molar-refractivity contribution < 1.29 is 14.3 Å². The summed E-state index contributed by atoms with van der Waals surface area (Å²) in [5.74, 6) is 0.378. The van der Waals surface area contributed by atoms with E-state index >= 15 is 0 Å². The lowest BCUT2D eigenvalue weighted by atomic mass is 10.0. The average Bonchev–Trinajstić information content (AvgIpc) is 3.02. The molecule has 1 saturated heterocycles. The van der Waals surface area contributed by atoms with Gasteiger partial charge in [0.15, 0.2) is 6.61 Å². The Hall–Kier alpha value is -2.64. The van der Waals surface area contributed by atoms with Crippen LogP contribution in [0.3, 0.4) is 0 Å². The topological polar surface area (TPSA) is 58.6 Å². The molecule has 0 saturated carbocycles. The van der Waals surface area contributed by atoms with E-state index in [-0.39, 0.29) is 18.4 Å². The number of thiocarbonyl (C=S) groups is 1. The van der Waals surface area contributed by atoms with Gasteiger partial charge in [-0.15, -0.1) is 0 Å². The summed E-state index contributed by atoms with van der Waals surface area (Å²) in [6.07, 6.45) is 0. The summed E-state index contributed by atoms with van der Waals surface area (Å²) in [6.45, 7) is 2.37. The summed E-state index contributed by atoms with van der Waals surface area (Å²) in [4.78, 5) is 26.9. The first-order chi connectivity index (χ1) is 13.0. The quantitative estimate of drug-likeness (QED) is 0.636. The lowest BCUT2D eigenvalue weighted by Crippen LogP contribution is -2.38. The van der Waals surface area contributed by atoms with Gasteiger partial charge < -0.3 is 15.0 Å². The van der Waals surface area contributed by atoms with Gasteiger partial charge in [0.2, 0.25) is 0 Å². The molecule has 0 aliphatic carbocycles. The molecule has 0 bridgehead atoms. The number of ether oxygens (including phenoxy) is 1. The molecule has 7 heteroatoms. The maximum atomic E-state index is 12.5. The van der Waals surface area contributed by atoms with Crippen LogP contribution in [0.4, 0.5) is 5.69 Å². The van der Waals surface area contributed by atoms with Crippen molar-refractivity contribution in [2.45, 2.75) is 13.5 Å². The van der Waals surface area contributed by atoms with Crippen LogP contribution in [0.25, 0.3) is 5.57 Å². The normalized spacial score (nSPS) is 18.1. The van der Waals surface area contributed by atoms with E-state index in [4.69, 9.17) is 17.0 Å². The van der Waals surface area contributed by atoms with Crippen molar-refractivity contribution in [3.05, 3.63) is 64.6 Å². The Labute approximate surface area is 166 Å². The molecule has 4 rings (SSSR count). The van der Waals surface area contributed by atoms with E-state index in [1.807, 2.05) is 55.5 Å². The summed E-state index contributed by atoms with van der Waals surface area (Å²) in [5, 5.41) is 2.64. The summed E-state index contributed by atoms with van der Waals surface area (Å²) in [7, 11) is 0. The van der Waals surface area contributed by atoms with Gasteiger partial charge >= 0.3 is 0 Å². The van der Waals surface area contributed by atoms with Crippen molar-refractivity contribution in [1.29, 1.82) is 0 Å². The Balaban J connectivity index is 1.73. The molecule has 136 valence electrons. The van der Waals surface area contributed by atoms with Crippen LogP contribution in [0.15, 0.2) is 53.4 Å². The molecule has 0 atom stereocenters. The second kappa shape index (κ2) is 7.17. The molecule has 0 spiro atoms. The maximum absolute atomic E-state index is 12.5. The molecule has 27 heavy (non-hydrogen) atoms. The van der Waals surface area contributed by atoms with Gasteiger partial charge in [-0.05, 0) is 35.8 Å². The largest absolute Gasteiger partial charge is 0.482 e. The highest BCUT2D eigenvalue weighted by Gasteiger charge is 2.28. The van der Waals surface area contributed by atoms with E-state index in [2.05, 4.69) is 5.32 Å². The van der Waals surface area contributed by atoms with Crippen molar-refractivity contribution in [2.75, 3.05) is 11.5 Å². The van der Waals surface area contributed by atoms with Gasteiger partial charge in [0.05, 0.1) is 17.1 Å². The number of nitrogens with one attached hydrogen (secondary N) is 1. The highest BCUT2D eigenvalue weighted by atomic mass is 32.2. The average molecular weight is 396 g/mol. The molecule has 2 heterocycles. The molecular weight excluding hydrogens is 380 g/mol. The number of carbonyl (C=O) groups is 2. The van der Waals surface area contributed by atoms with Crippen molar-refractivity contribution >= 4 is 51.4 Å². The van der Waals surface area contributed by atoms with Crippen LogP contribution < -0.4 is 15.0 Å². The standard InChI is InChI=1S/C20H16N2O3S2/c1-12(18-19(24)21-20(26)27-18)14-7-8-16-15(9-14)22(17(23)11-25-16)10-13-5-3-2-4-6-13/h2-9H,10-11H2,1H3,(H,21,24,26)/b18-12-. The van der Waals surface area contributed by atoms with Crippen LogP contribution >= 0.6 is 24.0 Å². The van der Waals surface area contributed by atoms with Gasteiger partial charge in [-0.1, -0.05) is 60.4 Å². The molecule has 1 fully saturated rings. The Morgan fingerprint density at radius 3 is 2.70 bits per heavy atom. The second-order valence-electron chi connectivity index (χ2n) is 6.23. The molecule has 5 nitrogen and oxygen atoms in total. The third-order valence-corrected chi connectivity index (χ3v) is 5.81. The third-order valence-electron chi connectivity index (χ3n) is 4.48. The highest BCUT2D eigenvalue weighted by Crippen LogP contribution is 2.38. The molecule has 2 amide bonds. The van der Waals surface area contributed by atoms with E-state index in [1.54, 1.807) is 4.90 Å². The summed E-state index contributed by atoms with van der Waals surface area (Å²) < 4.78 is 6.04. The second-order valence-corrected chi connectivity index (χ2v) is 7.92. The maximum Gasteiger partial charge on any atom is 0.265 e. The SMILES string of the molecule is C/C(=C1/SC(=S)NC1=O)c1ccc2c(c1)N(Cc1ccccc1)C(=O)CO2. The van der Waals surface area contributed by atoms with Gasteiger partial charge in [0, 0.05) is 0 Å². The number of anilines is 1. The smallest absolute Gasteiger partial charge is 0.265 e. The highest BCUT2D eigenvalue weighted by molar-refractivity contribution is 8.26. The number of hydrogen-bond acceptors (Lipinski definition) is 5. The van der Waals surface area contributed by atoms with Gasteiger partial charge in [0.25, 0.3) is 11.8 Å². The first-order valence-electron chi connectivity index (χ1n) is 8.38. The first-order valence-corrected chi connectivity index (χ1v) is 9.61. The Morgan fingerprint density at radius 1 is 1.22 bits per heavy atom. The monoisotopic (exact) mass is 396 g/mol. The summed E-state index contributed by atoms with van der Waals surface area (Å²) in [5.41, 5.74) is 3.42.